The molecule has 4 atom stereocenters. The summed E-state index contributed by atoms with van der Waals surface area (Å²) in [6.07, 6.45) is 15.1. The van der Waals surface area contributed by atoms with Crippen LogP contribution in [0.4, 0.5) is 0 Å². The normalized spacial score (nSPS) is 38.5. The number of allylic oxidation sites excluding steroid dienone is 1. The maximum absolute atomic E-state index is 4.27. The van der Waals surface area contributed by atoms with Gasteiger partial charge in [0.05, 0.1) is 0 Å². The Hall–Kier alpha value is -0.260. The Balaban J connectivity index is 2.29. The Labute approximate surface area is 178 Å². The topological polar surface area (TPSA) is 0 Å². The average Bonchev–Trinajstić information content (AvgIpc) is 2.56. The molecule has 0 radical (unpaired) electrons. The van der Waals surface area contributed by atoms with Crippen LogP contribution in [0.3, 0.4) is 0 Å². The van der Waals surface area contributed by atoms with Gasteiger partial charge in [-0.3, -0.25) is 0 Å². The Kier molecular flexibility index (Phi) is 8.32. The maximum atomic E-state index is 4.27. The largest absolute Gasteiger partial charge is 0.103 e. The van der Waals surface area contributed by atoms with E-state index in [2.05, 4.69) is 68.0 Å². The van der Waals surface area contributed by atoms with Gasteiger partial charge in [0.25, 0.3) is 0 Å². The molecule has 0 aliphatic heterocycles. The zero-order chi connectivity index (χ0) is 21.1. The average molecular weight is 389 g/mol. The van der Waals surface area contributed by atoms with Gasteiger partial charge in [-0.25, -0.2) is 0 Å². The van der Waals surface area contributed by atoms with Crippen LogP contribution in [-0.2, 0) is 0 Å². The molecule has 0 aromatic carbocycles. The van der Waals surface area contributed by atoms with Crippen molar-refractivity contribution in [2.45, 2.75) is 113 Å². The highest BCUT2D eigenvalue weighted by molar-refractivity contribution is 5.06. The minimum atomic E-state index is 0.452. The van der Waals surface area contributed by atoms with Crippen LogP contribution in [0.15, 0.2) is 12.7 Å². The third-order valence-electron chi connectivity index (χ3n) is 9.04. The van der Waals surface area contributed by atoms with Crippen molar-refractivity contribution in [3.05, 3.63) is 12.7 Å². The molecular weight excluding hydrogens is 336 g/mol. The molecule has 3 aliphatic rings. The molecule has 0 aromatic rings. The van der Waals surface area contributed by atoms with E-state index in [1.165, 1.54) is 57.8 Å². The van der Waals surface area contributed by atoms with Crippen LogP contribution >= 0.6 is 0 Å². The lowest BCUT2D eigenvalue weighted by Crippen LogP contribution is -2.44. The highest BCUT2D eigenvalue weighted by Crippen LogP contribution is 2.56. The molecular formula is C28H52. The zero-order valence-corrected chi connectivity index (χ0v) is 20.7. The van der Waals surface area contributed by atoms with Gasteiger partial charge in [-0.2, -0.15) is 0 Å². The van der Waals surface area contributed by atoms with E-state index < -0.39 is 0 Å². The smallest absolute Gasteiger partial charge is 0.0113 e. The standard InChI is InChI=1S/C28H52/c1-10-28-17-22(6)14-12-11-13-15-27(8,9)26(23(7)20(2)3)25(21(4)5)16-24(18-28)19-28/h10,20-26H,1,11-19H2,2-9H3. The summed E-state index contributed by atoms with van der Waals surface area (Å²) in [5.41, 5.74) is 0.915. The monoisotopic (exact) mass is 388 g/mol. The summed E-state index contributed by atoms with van der Waals surface area (Å²) >= 11 is 0. The van der Waals surface area contributed by atoms with Crippen molar-refractivity contribution >= 4 is 0 Å². The lowest BCUT2D eigenvalue weighted by molar-refractivity contribution is -0.0139. The van der Waals surface area contributed by atoms with Crippen molar-refractivity contribution in [3.8, 4) is 0 Å². The molecule has 3 aliphatic carbocycles. The molecule has 2 bridgehead atoms. The fraction of sp³-hybridized carbons (Fsp3) is 0.929. The molecule has 0 aromatic heterocycles. The highest BCUT2D eigenvalue weighted by atomic mass is 14.5. The first-order valence-corrected chi connectivity index (χ1v) is 12.6. The van der Waals surface area contributed by atoms with Crippen molar-refractivity contribution in [3.63, 3.8) is 0 Å². The van der Waals surface area contributed by atoms with Crippen LogP contribution in [0, 0.1) is 52.3 Å². The first kappa shape index (κ1) is 24.0. The molecule has 0 heterocycles. The Morgan fingerprint density at radius 2 is 1.57 bits per heavy atom. The summed E-state index contributed by atoms with van der Waals surface area (Å²) < 4.78 is 0. The predicted octanol–water partition coefficient (Wildman–Crippen LogP) is 9.16. The molecule has 28 heavy (non-hydrogen) atoms. The molecule has 4 unspecified atom stereocenters. The first-order chi connectivity index (χ1) is 13.0. The first-order valence-electron chi connectivity index (χ1n) is 12.6. The molecule has 0 spiro atoms. The van der Waals surface area contributed by atoms with Gasteiger partial charge in [0.15, 0.2) is 0 Å². The maximum Gasteiger partial charge on any atom is -0.0113 e. The summed E-state index contributed by atoms with van der Waals surface area (Å²) in [5.74, 6) is 5.87. The van der Waals surface area contributed by atoms with Gasteiger partial charge < -0.3 is 0 Å². The van der Waals surface area contributed by atoms with Gasteiger partial charge in [0, 0.05) is 0 Å². The van der Waals surface area contributed by atoms with Crippen LogP contribution in [0.25, 0.3) is 0 Å². The van der Waals surface area contributed by atoms with Gasteiger partial charge >= 0.3 is 0 Å². The third-order valence-corrected chi connectivity index (χ3v) is 9.04. The predicted molar refractivity (Wildman–Crippen MR) is 126 cm³/mol. The molecule has 3 fully saturated rings. The van der Waals surface area contributed by atoms with E-state index in [0.29, 0.717) is 10.8 Å². The fourth-order valence-electron chi connectivity index (χ4n) is 7.20. The molecule has 0 N–H and O–H groups in total. The third kappa shape index (κ3) is 5.66. The van der Waals surface area contributed by atoms with E-state index in [9.17, 15) is 0 Å². The van der Waals surface area contributed by atoms with E-state index >= 15 is 0 Å². The van der Waals surface area contributed by atoms with Crippen molar-refractivity contribution < 1.29 is 0 Å². The second-order valence-electron chi connectivity index (χ2n) is 12.5. The molecule has 0 heteroatoms. The molecule has 0 amide bonds. The molecule has 3 saturated carbocycles. The lowest BCUT2D eigenvalue weighted by Gasteiger charge is -2.52. The van der Waals surface area contributed by atoms with E-state index in [0.717, 1.165) is 41.4 Å². The molecule has 164 valence electrons. The quantitative estimate of drug-likeness (QED) is 0.421. The molecule has 0 saturated heterocycles. The summed E-state index contributed by atoms with van der Waals surface area (Å²) in [6.45, 7) is 24.5. The van der Waals surface area contributed by atoms with E-state index in [1.807, 2.05) is 0 Å². The number of rotatable bonds is 4. The fourth-order valence-corrected chi connectivity index (χ4v) is 7.20. The van der Waals surface area contributed by atoms with Gasteiger partial charge in [0.2, 0.25) is 0 Å². The van der Waals surface area contributed by atoms with Crippen molar-refractivity contribution in [1.82, 2.24) is 0 Å². The minimum absolute atomic E-state index is 0.452. The van der Waals surface area contributed by atoms with Crippen molar-refractivity contribution in [1.29, 1.82) is 0 Å². The van der Waals surface area contributed by atoms with E-state index in [-0.39, 0.29) is 0 Å². The highest BCUT2D eigenvalue weighted by Gasteiger charge is 2.47. The minimum Gasteiger partial charge on any atom is -0.103 e. The SMILES string of the molecule is C=CC12CC(C)CCCCCC(C)(C)C(C(C)C(C)C)C(C(C)C)CC(C1)C2. The summed E-state index contributed by atoms with van der Waals surface area (Å²) in [4.78, 5) is 0. The van der Waals surface area contributed by atoms with Gasteiger partial charge in [0.1, 0.15) is 0 Å². The van der Waals surface area contributed by atoms with E-state index in [1.54, 1.807) is 0 Å². The van der Waals surface area contributed by atoms with Crippen molar-refractivity contribution in [2.24, 2.45) is 52.3 Å². The number of hydrogen-bond acceptors (Lipinski definition) is 0. The lowest BCUT2D eigenvalue weighted by atomic mass is 9.53. The Bertz CT molecular complexity index is 476. The molecule has 0 nitrogen and oxygen atoms in total. The van der Waals surface area contributed by atoms with Crippen LogP contribution in [0.2, 0.25) is 0 Å². The summed E-state index contributed by atoms with van der Waals surface area (Å²) in [7, 11) is 0. The second-order valence-corrected chi connectivity index (χ2v) is 12.5. The number of hydrogen-bond donors (Lipinski definition) is 0. The Morgan fingerprint density at radius 1 is 0.929 bits per heavy atom. The summed E-state index contributed by atoms with van der Waals surface area (Å²) in [6, 6.07) is 0. The van der Waals surface area contributed by atoms with E-state index in [4.69, 9.17) is 0 Å². The van der Waals surface area contributed by atoms with Crippen LogP contribution < -0.4 is 0 Å². The van der Waals surface area contributed by atoms with Crippen molar-refractivity contribution in [2.75, 3.05) is 0 Å². The number of fused-ring (bicyclic) bond motifs is 10. The van der Waals surface area contributed by atoms with Crippen LogP contribution in [-0.4, -0.2) is 0 Å². The van der Waals surface area contributed by atoms with Gasteiger partial charge in [-0.05, 0) is 84.4 Å². The Morgan fingerprint density at radius 3 is 2.11 bits per heavy atom. The van der Waals surface area contributed by atoms with Gasteiger partial charge in [-0.1, -0.05) is 87.1 Å². The van der Waals surface area contributed by atoms with Gasteiger partial charge in [-0.15, -0.1) is 6.58 Å². The molecule has 3 rings (SSSR count). The van der Waals surface area contributed by atoms with Crippen LogP contribution in [0.1, 0.15) is 113 Å². The van der Waals surface area contributed by atoms with Crippen LogP contribution in [0.5, 0.6) is 0 Å². The second kappa shape index (κ2) is 9.70. The zero-order valence-electron chi connectivity index (χ0n) is 20.7. The summed E-state index contributed by atoms with van der Waals surface area (Å²) in [5, 5.41) is 0.